The fourth-order valence-electron chi connectivity index (χ4n) is 4.29. The van der Waals surface area contributed by atoms with Crippen molar-refractivity contribution < 1.29 is 9.18 Å². The molecule has 1 fully saturated rings. The van der Waals surface area contributed by atoms with Crippen LogP contribution in [-0.2, 0) is 11.2 Å². The Bertz CT molecular complexity index is 1230. The topological polar surface area (TPSA) is 58.1 Å². The minimum absolute atomic E-state index is 0.0827. The van der Waals surface area contributed by atoms with Crippen molar-refractivity contribution in [3.05, 3.63) is 66.2 Å². The Balaban J connectivity index is 1.32. The highest BCUT2D eigenvalue weighted by atomic mass is 32.1. The van der Waals surface area contributed by atoms with Gasteiger partial charge >= 0.3 is 0 Å². The second kappa shape index (κ2) is 8.59. The number of hydrogen-bond acceptors (Lipinski definition) is 5. The molecule has 1 amide bonds. The summed E-state index contributed by atoms with van der Waals surface area (Å²) in [5.41, 5.74) is 1.87. The second-order valence-corrected chi connectivity index (χ2v) is 8.95. The van der Waals surface area contributed by atoms with Gasteiger partial charge in [-0.3, -0.25) is 4.79 Å². The predicted molar refractivity (Wildman–Crippen MR) is 123 cm³/mol. The van der Waals surface area contributed by atoms with E-state index in [9.17, 15) is 9.18 Å². The molecular formula is C24H23FN4OS. The molecule has 1 saturated heterocycles. The number of thiophene rings is 1. The van der Waals surface area contributed by atoms with E-state index in [1.54, 1.807) is 6.07 Å². The molecule has 0 radical (unpaired) electrons. The average molecular weight is 435 g/mol. The van der Waals surface area contributed by atoms with Crippen LogP contribution in [0.5, 0.6) is 0 Å². The van der Waals surface area contributed by atoms with Crippen molar-refractivity contribution >= 4 is 43.4 Å². The van der Waals surface area contributed by atoms with Crippen LogP contribution < -0.4 is 10.2 Å². The number of benzene rings is 2. The van der Waals surface area contributed by atoms with Gasteiger partial charge in [-0.15, -0.1) is 11.3 Å². The van der Waals surface area contributed by atoms with Gasteiger partial charge in [-0.25, -0.2) is 14.4 Å². The minimum atomic E-state index is -0.261. The molecule has 2 aromatic heterocycles. The van der Waals surface area contributed by atoms with Crippen molar-refractivity contribution in [2.75, 3.05) is 24.5 Å². The van der Waals surface area contributed by atoms with Gasteiger partial charge in [0.05, 0.1) is 21.5 Å². The lowest BCUT2D eigenvalue weighted by atomic mass is 9.97. The Labute approximate surface area is 183 Å². The molecular weight excluding hydrogens is 411 g/mol. The van der Waals surface area contributed by atoms with E-state index < -0.39 is 0 Å². The van der Waals surface area contributed by atoms with Crippen LogP contribution in [0, 0.1) is 11.7 Å². The van der Waals surface area contributed by atoms with Crippen molar-refractivity contribution in [1.29, 1.82) is 0 Å². The van der Waals surface area contributed by atoms with Crippen LogP contribution >= 0.6 is 11.3 Å². The van der Waals surface area contributed by atoms with E-state index in [-0.39, 0.29) is 17.6 Å². The van der Waals surface area contributed by atoms with Gasteiger partial charge in [-0.1, -0.05) is 36.4 Å². The minimum Gasteiger partial charge on any atom is -0.355 e. The number of aromatic nitrogens is 2. The highest BCUT2D eigenvalue weighted by molar-refractivity contribution is 7.26. The summed E-state index contributed by atoms with van der Waals surface area (Å²) in [5, 5.41) is 3.65. The van der Waals surface area contributed by atoms with E-state index in [0.29, 0.717) is 24.0 Å². The molecule has 158 valence electrons. The van der Waals surface area contributed by atoms with Crippen LogP contribution in [0.3, 0.4) is 0 Å². The lowest BCUT2D eigenvalue weighted by molar-refractivity contribution is -0.125. The molecule has 5 rings (SSSR count). The first-order valence-corrected chi connectivity index (χ1v) is 11.4. The maximum Gasteiger partial charge on any atom is 0.224 e. The molecule has 2 aromatic carbocycles. The third-order valence-corrected chi connectivity index (χ3v) is 7.00. The standard InChI is InChI=1S/C24H23FN4OS/c25-18-9-4-10-19-20(18)21-22(31-19)23(28-15-27-21)29-13-5-8-17(14-29)24(30)26-12-11-16-6-2-1-3-7-16/h1-4,6-7,9-10,15,17H,5,8,11-14H2,(H,26,30)/t17-/m0/s1. The van der Waals surface area contributed by atoms with Crippen molar-refractivity contribution in [2.45, 2.75) is 19.3 Å². The average Bonchev–Trinajstić information content (AvgIpc) is 3.20. The van der Waals surface area contributed by atoms with E-state index in [1.165, 1.54) is 29.3 Å². The number of nitrogens with zero attached hydrogens (tertiary/aromatic N) is 3. The number of carbonyl (C=O) groups is 1. The van der Waals surface area contributed by atoms with E-state index in [4.69, 9.17) is 0 Å². The van der Waals surface area contributed by atoms with Gasteiger partial charge in [0.25, 0.3) is 0 Å². The molecule has 1 aliphatic heterocycles. The van der Waals surface area contributed by atoms with Gasteiger partial charge in [0, 0.05) is 24.3 Å². The number of anilines is 1. The van der Waals surface area contributed by atoms with Crippen molar-refractivity contribution in [3.8, 4) is 0 Å². The monoisotopic (exact) mass is 434 g/mol. The van der Waals surface area contributed by atoms with Crippen molar-refractivity contribution in [2.24, 2.45) is 5.92 Å². The van der Waals surface area contributed by atoms with E-state index in [2.05, 4.69) is 32.3 Å². The first-order valence-electron chi connectivity index (χ1n) is 10.6. The van der Waals surface area contributed by atoms with E-state index in [0.717, 1.165) is 41.0 Å². The van der Waals surface area contributed by atoms with Gasteiger partial charge in [0.15, 0.2) is 0 Å². The summed E-state index contributed by atoms with van der Waals surface area (Å²) in [4.78, 5) is 23.8. The third-order valence-electron chi connectivity index (χ3n) is 5.86. The molecule has 3 heterocycles. The summed E-state index contributed by atoms with van der Waals surface area (Å²) in [6.45, 7) is 2.07. The number of hydrogen-bond donors (Lipinski definition) is 1. The third kappa shape index (κ3) is 3.97. The molecule has 0 spiro atoms. The number of halogens is 1. The fourth-order valence-corrected chi connectivity index (χ4v) is 5.48. The zero-order valence-electron chi connectivity index (χ0n) is 17.1. The van der Waals surface area contributed by atoms with Crippen LogP contribution in [0.2, 0.25) is 0 Å². The molecule has 1 atom stereocenters. The lowest BCUT2D eigenvalue weighted by Crippen LogP contribution is -2.43. The first kappa shape index (κ1) is 19.9. The normalized spacial score (nSPS) is 16.7. The first-order chi connectivity index (χ1) is 15.2. The Kier molecular flexibility index (Phi) is 5.51. The molecule has 0 saturated carbocycles. The Hall–Kier alpha value is -3.06. The van der Waals surface area contributed by atoms with Gasteiger partial charge < -0.3 is 10.2 Å². The van der Waals surface area contributed by atoms with Crippen LogP contribution in [0.15, 0.2) is 54.9 Å². The molecule has 0 aliphatic carbocycles. The summed E-state index contributed by atoms with van der Waals surface area (Å²) >= 11 is 1.51. The van der Waals surface area contributed by atoms with E-state index >= 15 is 0 Å². The number of amides is 1. The van der Waals surface area contributed by atoms with Crippen molar-refractivity contribution in [1.82, 2.24) is 15.3 Å². The zero-order chi connectivity index (χ0) is 21.2. The molecule has 1 N–H and O–H groups in total. The highest BCUT2D eigenvalue weighted by Crippen LogP contribution is 2.39. The summed E-state index contributed by atoms with van der Waals surface area (Å²) in [6.07, 6.45) is 4.10. The number of fused-ring (bicyclic) bond motifs is 3. The molecule has 7 heteroatoms. The number of nitrogens with one attached hydrogen (secondary N) is 1. The zero-order valence-corrected chi connectivity index (χ0v) is 17.9. The molecule has 31 heavy (non-hydrogen) atoms. The number of piperidine rings is 1. The van der Waals surface area contributed by atoms with Gasteiger partial charge in [-0.2, -0.15) is 0 Å². The number of rotatable bonds is 5. The maximum absolute atomic E-state index is 14.4. The SMILES string of the molecule is O=C(NCCc1ccccc1)[C@H]1CCCN(c2ncnc3c2sc2cccc(F)c23)C1. The summed E-state index contributed by atoms with van der Waals surface area (Å²) < 4.78 is 16.2. The molecule has 0 bridgehead atoms. The maximum atomic E-state index is 14.4. The van der Waals surface area contributed by atoms with Crippen LogP contribution in [0.1, 0.15) is 18.4 Å². The Morgan fingerprint density at radius 1 is 1.16 bits per heavy atom. The van der Waals surface area contributed by atoms with Crippen LogP contribution in [-0.4, -0.2) is 35.5 Å². The largest absolute Gasteiger partial charge is 0.355 e. The quantitative estimate of drug-likeness (QED) is 0.500. The van der Waals surface area contributed by atoms with Gasteiger partial charge in [0.1, 0.15) is 18.0 Å². The fraction of sp³-hybridized carbons (Fsp3) is 0.292. The predicted octanol–water partition coefficient (Wildman–Crippen LogP) is 4.56. The highest BCUT2D eigenvalue weighted by Gasteiger charge is 2.28. The number of carbonyl (C=O) groups excluding carboxylic acids is 1. The van der Waals surface area contributed by atoms with Crippen LogP contribution in [0.4, 0.5) is 10.2 Å². The second-order valence-electron chi connectivity index (χ2n) is 7.90. The molecule has 5 nitrogen and oxygen atoms in total. The van der Waals surface area contributed by atoms with Gasteiger partial charge in [0.2, 0.25) is 5.91 Å². The summed E-state index contributed by atoms with van der Waals surface area (Å²) in [6, 6.07) is 15.3. The van der Waals surface area contributed by atoms with Crippen LogP contribution in [0.25, 0.3) is 20.3 Å². The van der Waals surface area contributed by atoms with Crippen molar-refractivity contribution in [3.63, 3.8) is 0 Å². The molecule has 1 aliphatic rings. The van der Waals surface area contributed by atoms with E-state index in [1.807, 2.05) is 24.3 Å². The smallest absolute Gasteiger partial charge is 0.224 e. The molecule has 4 aromatic rings. The Morgan fingerprint density at radius 2 is 2.03 bits per heavy atom. The molecule has 0 unspecified atom stereocenters. The lowest BCUT2D eigenvalue weighted by Gasteiger charge is -2.33. The summed E-state index contributed by atoms with van der Waals surface area (Å²) in [7, 11) is 0. The summed E-state index contributed by atoms with van der Waals surface area (Å²) in [5.74, 6) is 0.545. The van der Waals surface area contributed by atoms with Gasteiger partial charge in [-0.05, 0) is 37.0 Å². The Morgan fingerprint density at radius 3 is 2.90 bits per heavy atom.